The normalized spacial score (nSPS) is 18.4. The molecule has 2 fully saturated rings. The van der Waals surface area contributed by atoms with Crippen LogP contribution >= 0.6 is 11.3 Å². The summed E-state index contributed by atoms with van der Waals surface area (Å²) in [6.07, 6.45) is 0.976. The Morgan fingerprint density at radius 3 is 2.57 bits per heavy atom. The van der Waals surface area contributed by atoms with Crippen molar-refractivity contribution in [3.63, 3.8) is 0 Å². The third kappa shape index (κ3) is 5.41. The van der Waals surface area contributed by atoms with E-state index in [-0.39, 0.29) is 18.2 Å². The SMILES string of the molecule is COc1ccc(OC)c2sc(N(CCCN3CCOCC3)C(=O)C3CC(=O)N(c4ccccc4)C3)nc12. The van der Waals surface area contributed by atoms with Gasteiger partial charge in [-0.15, -0.1) is 0 Å². The van der Waals surface area contributed by atoms with Crippen molar-refractivity contribution in [1.29, 1.82) is 0 Å². The molecular formula is C27H32N4O5S. The second-order valence-electron chi connectivity index (χ2n) is 9.18. The smallest absolute Gasteiger partial charge is 0.234 e. The molecule has 1 unspecified atom stereocenters. The zero-order valence-electron chi connectivity index (χ0n) is 21.2. The predicted molar refractivity (Wildman–Crippen MR) is 144 cm³/mol. The zero-order valence-corrected chi connectivity index (χ0v) is 22.0. The number of methoxy groups -OCH3 is 2. The van der Waals surface area contributed by atoms with Crippen molar-refractivity contribution >= 4 is 44.2 Å². The standard InChI is InChI=1S/C27H32N4O5S/c1-34-21-9-10-22(35-2)25-24(21)28-27(37-25)30(12-6-11-29-13-15-36-16-14-29)26(33)19-17-23(32)31(18-19)20-7-4-3-5-8-20/h3-5,7-10,19H,6,11-18H2,1-2H3. The molecule has 0 aliphatic carbocycles. The Kier molecular flexibility index (Phi) is 7.87. The van der Waals surface area contributed by atoms with Crippen LogP contribution in [0.1, 0.15) is 12.8 Å². The highest BCUT2D eigenvalue weighted by molar-refractivity contribution is 7.22. The number of nitrogens with zero attached hydrogens (tertiary/aromatic N) is 4. The highest BCUT2D eigenvalue weighted by Gasteiger charge is 2.38. The molecule has 0 saturated carbocycles. The molecule has 2 aliphatic rings. The molecular weight excluding hydrogens is 492 g/mol. The first kappa shape index (κ1) is 25.4. The Balaban J connectivity index is 1.41. The van der Waals surface area contributed by atoms with Crippen LogP contribution in [0.5, 0.6) is 11.5 Å². The highest BCUT2D eigenvalue weighted by Crippen LogP contribution is 2.41. The molecule has 2 aromatic carbocycles. The molecule has 0 radical (unpaired) electrons. The Morgan fingerprint density at radius 2 is 1.84 bits per heavy atom. The number of anilines is 2. The largest absolute Gasteiger partial charge is 0.495 e. The Hall–Kier alpha value is -3.21. The van der Waals surface area contributed by atoms with Gasteiger partial charge in [0.25, 0.3) is 0 Å². The molecule has 10 heteroatoms. The van der Waals surface area contributed by atoms with Crippen LogP contribution < -0.4 is 19.3 Å². The van der Waals surface area contributed by atoms with Crippen LogP contribution in [0.2, 0.25) is 0 Å². The second-order valence-corrected chi connectivity index (χ2v) is 10.2. The third-order valence-electron chi connectivity index (χ3n) is 6.90. The van der Waals surface area contributed by atoms with Gasteiger partial charge < -0.3 is 19.1 Å². The lowest BCUT2D eigenvalue weighted by Gasteiger charge is -2.28. The fraction of sp³-hybridized carbons (Fsp3) is 0.444. The summed E-state index contributed by atoms with van der Waals surface area (Å²) in [5, 5.41) is 0.593. The molecule has 3 heterocycles. The van der Waals surface area contributed by atoms with Crippen LogP contribution in [0, 0.1) is 5.92 Å². The number of ether oxygens (including phenoxy) is 3. The molecule has 1 atom stereocenters. The maximum Gasteiger partial charge on any atom is 0.234 e. The number of carbonyl (C=O) groups is 2. The second kappa shape index (κ2) is 11.5. The number of rotatable bonds is 9. The topological polar surface area (TPSA) is 84.4 Å². The van der Waals surface area contributed by atoms with Crippen LogP contribution in [0.3, 0.4) is 0 Å². The van der Waals surface area contributed by atoms with Crippen molar-refractivity contribution in [2.24, 2.45) is 5.92 Å². The van der Waals surface area contributed by atoms with E-state index >= 15 is 0 Å². The van der Waals surface area contributed by atoms with Crippen LogP contribution in [0.15, 0.2) is 42.5 Å². The fourth-order valence-corrected chi connectivity index (χ4v) is 6.02. The van der Waals surface area contributed by atoms with E-state index in [1.165, 1.54) is 11.3 Å². The van der Waals surface area contributed by atoms with Gasteiger partial charge >= 0.3 is 0 Å². The van der Waals surface area contributed by atoms with Gasteiger partial charge in [-0.05, 0) is 30.7 Å². The lowest BCUT2D eigenvalue weighted by Crippen LogP contribution is -2.41. The van der Waals surface area contributed by atoms with Crippen LogP contribution in [-0.2, 0) is 14.3 Å². The van der Waals surface area contributed by atoms with Gasteiger partial charge in [0.1, 0.15) is 21.7 Å². The van der Waals surface area contributed by atoms with E-state index in [1.807, 2.05) is 42.5 Å². The quantitative estimate of drug-likeness (QED) is 0.424. The van der Waals surface area contributed by atoms with E-state index in [1.54, 1.807) is 24.0 Å². The van der Waals surface area contributed by atoms with Crippen molar-refractivity contribution in [3.8, 4) is 11.5 Å². The van der Waals surface area contributed by atoms with E-state index in [0.717, 1.165) is 49.7 Å². The molecule has 0 N–H and O–H groups in total. The lowest BCUT2D eigenvalue weighted by atomic mass is 10.1. The minimum absolute atomic E-state index is 0.0366. The van der Waals surface area contributed by atoms with E-state index < -0.39 is 5.92 Å². The predicted octanol–water partition coefficient (Wildman–Crippen LogP) is 3.42. The fourth-order valence-electron chi connectivity index (χ4n) is 4.92. The number of morpholine rings is 1. The molecule has 9 nitrogen and oxygen atoms in total. The molecule has 0 bridgehead atoms. The summed E-state index contributed by atoms with van der Waals surface area (Å²) in [7, 11) is 3.22. The van der Waals surface area contributed by atoms with E-state index in [4.69, 9.17) is 19.2 Å². The Labute approximate surface area is 220 Å². The number of hydrogen-bond donors (Lipinski definition) is 0. The molecule has 2 saturated heterocycles. The number of amides is 2. The van der Waals surface area contributed by atoms with E-state index in [2.05, 4.69) is 4.90 Å². The number of thiazole rings is 1. The molecule has 3 aromatic rings. The molecule has 5 rings (SSSR count). The van der Waals surface area contributed by atoms with Crippen molar-refractivity contribution in [1.82, 2.24) is 9.88 Å². The number of para-hydroxylation sites is 1. The summed E-state index contributed by atoms with van der Waals surface area (Å²) in [4.78, 5) is 37.5. The monoisotopic (exact) mass is 524 g/mol. The molecule has 0 spiro atoms. The van der Waals surface area contributed by atoms with Crippen LogP contribution in [0.25, 0.3) is 10.2 Å². The van der Waals surface area contributed by atoms with Gasteiger partial charge in [-0.2, -0.15) is 0 Å². The van der Waals surface area contributed by atoms with Crippen LogP contribution in [0.4, 0.5) is 10.8 Å². The van der Waals surface area contributed by atoms with Crippen molar-refractivity contribution < 1.29 is 23.8 Å². The summed E-state index contributed by atoms with van der Waals surface area (Å²) >= 11 is 1.41. The molecule has 196 valence electrons. The van der Waals surface area contributed by atoms with Gasteiger partial charge in [-0.3, -0.25) is 19.4 Å². The average Bonchev–Trinajstić information content (AvgIpc) is 3.55. The van der Waals surface area contributed by atoms with Gasteiger partial charge in [0, 0.05) is 44.8 Å². The van der Waals surface area contributed by atoms with Gasteiger partial charge in [0.05, 0.1) is 33.4 Å². The highest BCUT2D eigenvalue weighted by atomic mass is 32.1. The Morgan fingerprint density at radius 1 is 1.11 bits per heavy atom. The third-order valence-corrected chi connectivity index (χ3v) is 7.99. The Bertz CT molecular complexity index is 1200. The number of fused-ring (bicyclic) bond motifs is 1. The lowest BCUT2D eigenvalue weighted by molar-refractivity contribution is -0.124. The van der Waals surface area contributed by atoms with Gasteiger partial charge in [-0.1, -0.05) is 29.5 Å². The number of aromatic nitrogens is 1. The summed E-state index contributed by atoms with van der Waals surface area (Å²) < 4.78 is 17.4. The number of hydrogen-bond acceptors (Lipinski definition) is 8. The van der Waals surface area contributed by atoms with Crippen LogP contribution in [-0.4, -0.2) is 81.9 Å². The summed E-state index contributed by atoms with van der Waals surface area (Å²) in [5.74, 6) is 0.764. The number of benzene rings is 2. The van der Waals surface area contributed by atoms with Crippen molar-refractivity contribution in [3.05, 3.63) is 42.5 Å². The minimum Gasteiger partial charge on any atom is -0.495 e. The molecule has 2 aliphatic heterocycles. The van der Waals surface area contributed by atoms with Crippen molar-refractivity contribution in [2.75, 3.05) is 70.0 Å². The first-order chi connectivity index (χ1) is 18.1. The summed E-state index contributed by atoms with van der Waals surface area (Å²) in [6, 6.07) is 13.2. The average molecular weight is 525 g/mol. The number of carbonyl (C=O) groups excluding carboxylic acids is 2. The minimum atomic E-state index is -0.438. The molecule has 37 heavy (non-hydrogen) atoms. The molecule has 2 amide bonds. The van der Waals surface area contributed by atoms with E-state index in [0.29, 0.717) is 35.2 Å². The van der Waals surface area contributed by atoms with Gasteiger partial charge in [0.15, 0.2) is 5.13 Å². The molecule has 1 aromatic heterocycles. The summed E-state index contributed by atoms with van der Waals surface area (Å²) in [6.45, 7) is 5.00. The van der Waals surface area contributed by atoms with Gasteiger partial charge in [-0.25, -0.2) is 4.98 Å². The maximum absolute atomic E-state index is 14.0. The van der Waals surface area contributed by atoms with Crippen molar-refractivity contribution in [2.45, 2.75) is 12.8 Å². The summed E-state index contributed by atoms with van der Waals surface area (Å²) in [5.41, 5.74) is 1.48. The zero-order chi connectivity index (χ0) is 25.8. The van der Waals surface area contributed by atoms with Gasteiger partial charge in [0.2, 0.25) is 11.8 Å². The first-order valence-corrected chi connectivity index (χ1v) is 13.4. The van der Waals surface area contributed by atoms with E-state index in [9.17, 15) is 9.59 Å². The maximum atomic E-state index is 14.0. The first-order valence-electron chi connectivity index (χ1n) is 12.6.